The molecule has 2 rings (SSSR count). The third-order valence-corrected chi connectivity index (χ3v) is 4.11. The molecule has 0 amide bonds. The Bertz CT molecular complexity index is 369. The van der Waals surface area contributed by atoms with Crippen LogP contribution in [0.4, 0.5) is 0 Å². The zero-order chi connectivity index (χ0) is 14.2. The van der Waals surface area contributed by atoms with Crippen LogP contribution in [-0.2, 0) is 0 Å². The van der Waals surface area contributed by atoms with Gasteiger partial charge in [-0.1, -0.05) is 25.1 Å². The van der Waals surface area contributed by atoms with E-state index < -0.39 is 0 Å². The van der Waals surface area contributed by atoms with Crippen LogP contribution in [0.15, 0.2) is 30.3 Å². The Balaban J connectivity index is 1.62. The molecular weight excluding hydrogens is 248 g/mol. The van der Waals surface area contributed by atoms with E-state index in [0.717, 1.165) is 31.9 Å². The van der Waals surface area contributed by atoms with E-state index in [1.807, 2.05) is 30.3 Å². The molecule has 1 N–H and O–H groups in total. The van der Waals surface area contributed by atoms with E-state index in [9.17, 15) is 0 Å². The van der Waals surface area contributed by atoms with Gasteiger partial charge in [0.15, 0.2) is 0 Å². The van der Waals surface area contributed by atoms with E-state index in [1.165, 1.54) is 19.4 Å². The van der Waals surface area contributed by atoms with E-state index >= 15 is 0 Å². The van der Waals surface area contributed by atoms with Crippen molar-refractivity contribution in [1.29, 1.82) is 0 Å². The molecule has 1 aliphatic rings. The van der Waals surface area contributed by atoms with Crippen LogP contribution in [0, 0.1) is 0 Å². The quantitative estimate of drug-likeness (QED) is 0.775. The largest absolute Gasteiger partial charge is 0.494 e. The third kappa shape index (κ3) is 4.80. The molecule has 0 saturated carbocycles. The van der Waals surface area contributed by atoms with Crippen LogP contribution in [-0.4, -0.2) is 43.2 Å². The second-order valence-corrected chi connectivity index (χ2v) is 5.68. The molecule has 0 aromatic heterocycles. The van der Waals surface area contributed by atoms with E-state index in [4.69, 9.17) is 4.74 Å². The van der Waals surface area contributed by atoms with Crippen molar-refractivity contribution in [3.8, 4) is 5.75 Å². The number of para-hydroxylation sites is 1. The van der Waals surface area contributed by atoms with Crippen molar-refractivity contribution in [2.24, 2.45) is 0 Å². The molecule has 112 valence electrons. The molecule has 0 spiro atoms. The van der Waals surface area contributed by atoms with Crippen LogP contribution < -0.4 is 10.1 Å². The number of rotatable bonds is 7. The molecule has 0 bridgehead atoms. The lowest BCUT2D eigenvalue weighted by Crippen LogP contribution is -2.47. The smallest absolute Gasteiger partial charge is 0.119 e. The van der Waals surface area contributed by atoms with E-state index in [0.29, 0.717) is 12.1 Å². The van der Waals surface area contributed by atoms with Crippen molar-refractivity contribution in [3.63, 3.8) is 0 Å². The van der Waals surface area contributed by atoms with E-state index in [2.05, 4.69) is 24.1 Å². The molecule has 1 aromatic rings. The fourth-order valence-electron chi connectivity index (χ4n) is 3.00. The minimum absolute atomic E-state index is 0.685. The Kier molecular flexibility index (Phi) is 6.34. The minimum Gasteiger partial charge on any atom is -0.494 e. The highest BCUT2D eigenvalue weighted by molar-refractivity contribution is 5.20. The lowest BCUT2D eigenvalue weighted by Gasteiger charge is -2.38. The predicted molar refractivity (Wildman–Crippen MR) is 84.3 cm³/mol. The molecule has 3 nitrogen and oxygen atoms in total. The first kappa shape index (κ1) is 15.3. The first-order valence-electron chi connectivity index (χ1n) is 7.95. The van der Waals surface area contributed by atoms with Gasteiger partial charge >= 0.3 is 0 Å². The molecule has 1 aromatic carbocycles. The summed E-state index contributed by atoms with van der Waals surface area (Å²) in [4.78, 5) is 2.60. The van der Waals surface area contributed by atoms with Crippen LogP contribution in [0.25, 0.3) is 0 Å². The highest BCUT2D eigenvalue weighted by atomic mass is 16.5. The fraction of sp³-hybridized carbons (Fsp3) is 0.647. The van der Waals surface area contributed by atoms with Crippen molar-refractivity contribution in [1.82, 2.24) is 10.2 Å². The molecule has 0 aliphatic carbocycles. The average Bonchev–Trinajstić information content (AvgIpc) is 2.47. The van der Waals surface area contributed by atoms with Crippen molar-refractivity contribution in [2.75, 3.05) is 26.2 Å². The minimum atomic E-state index is 0.685. The van der Waals surface area contributed by atoms with Gasteiger partial charge in [-0.05, 0) is 51.4 Å². The van der Waals surface area contributed by atoms with Crippen LogP contribution >= 0.6 is 0 Å². The molecule has 20 heavy (non-hydrogen) atoms. The SMILES string of the molecule is CCNC1CCN(CCCOc2ccccc2)C(C)C1. The molecular formula is C17H28N2O. The number of benzene rings is 1. The highest BCUT2D eigenvalue weighted by Gasteiger charge is 2.24. The van der Waals surface area contributed by atoms with Gasteiger partial charge in [-0.3, -0.25) is 0 Å². The Labute approximate surface area is 123 Å². The topological polar surface area (TPSA) is 24.5 Å². The van der Waals surface area contributed by atoms with Crippen molar-refractivity contribution in [2.45, 2.75) is 45.2 Å². The Morgan fingerprint density at radius 2 is 2.10 bits per heavy atom. The van der Waals surface area contributed by atoms with Gasteiger partial charge in [-0.15, -0.1) is 0 Å². The molecule has 1 aliphatic heterocycles. The lowest BCUT2D eigenvalue weighted by atomic mass is 9.98. The van der Waals surface area contributed by atoms with Crippen LogP contribution in [0.3, 0.4) is 0 Å². The maximum absolute atomic E-state index is 5.75. The summed E-state index contributed by atoms with van der Waals surface area (Å²) < 4.78 is 5.75. The number of likely N-dealkylation sites (tertiary alicyclic amines) is 1. The zero-order valence-electron chi connectivity index (χ0n) is 12.8. The number of ether oxygens (including phenoxy) is 1. The van der Waals surface area contributed by atoms with Crippen molar-refractivity contribution in [3.05, 3.63) is 30.3 Å². The van der Waals surface area contributed by atoms with Gasteiger partial charge in [-0.2, -0.15) is 0 Å². The summed E-state index contributed by atoms with van der Waals surface area (Å²) in [6.07, 6.45) is 3.65. The van der Waals surface area contributed by atoms with Gasteiger partial charge in [0.1, 0.15) is 5.75 Å². The summed E-state index contributed by atoms with van der Waals surface area (Å²) in [5, 5.41) is 3.57. The molecule has 1 saturated heterocycles. The maximum Gasteiger partial charge on any atom is 0.119 e. The first-order valence-corrected chi connectivity index (χ1v) is 7.95. The first-order chi connectivity index (χ1) is 9.79. The number of piperidine rings is 1. The third-order valence-electron chi connectivity index (χ3n) is 4.11. The van der Waals surface area contributed by atoms with Gasteiger partial charge < -0.3 is 15.0 Å². The molecule has 1 fully saturated rings. The van der Waals surface area contributed by atoms with Crippen LogP contribution in [0.1, 0.15) is 33.1 Å². The number of hydrogen-bond acceptors (Lipinski definition) is 3. The normalized spacial score (nSPS) is 23.7. The Hall–Kier alpha value is -1.06. The molecule has 2 atom stereocenters. The van der Waals surface area contributed by atoms with Gasteiger partial charge in [-0.25, -0.2) is 0 Å². The summed E-state index contributed by atoms with van der Waals surface area (Å²) in [7, 11) is 0. The monoisotopic (exact) mass is 276 g/mol. The fourth-order valence-corrected chi connectivity index (χ4v) is 3.00. The summed E-state index contributed by atoms with van der Waals surface area (Å²) in [6.45, 7) is 8.79. The second kappa shape index (κ2) is 8.28. The number of nitrogens with zero attached hydrogens (tertiary/aromatic N) is 1. The van der Waals surface area contributed by atoms with E-state index in [1.54, 1.807) is 0 Å². The molecule has 0 radical (unpaired) electrons. The molecule has 3 heteroatoms. The molecule has 1 heterocycles. The maximum atomic E-state index is 5.75. The van der Waals surface area contributed by atoms with Crippen molar-refractivity contribution >= 4 is 0 Å². The summed E-state index contributed by atoms with van der Waals surface area (Å²) >= 11 is 0. The average molecular weight is 276 g/mol. The Morgan fingerprint density at radius 1 is 1.30 bits per heavy atom. The number of hydrogen-bond donors (Lipinski definition) is 1. The van der Waals surface area contributed by atoms with Gasteiger partial charge in [0.05, 0.1) is 6.61 Å². The van der Waals surface area contributed by atoms with Crippen LogP contribution in [0.5, 0.6) is 5.75 Å². The molecule has 2 unspecified atom stereocenters. The van der Waals surface area contributed by atoms with Gasteiger partial charge in [0.2, 0.25) is 0 Å². The highest BCUT2D eigenvalue weighted by Crippen LogP contribution is 2.17. The summed E-state index contributed by atoms with van der Waals surface area (Å²) in [5.41, 5.74) is 0. The predicted octanol–water partition coefficient (Wildman–Crippen LogP) is 2.92. The Morgan fingerprint density at radius 3 is 2.80 bits per heavy atom. The lowest BCUT2D eigenvalue weighted by molar-refractivity contribution is 0.128. The summed E-state index contributed by atoms with van der Waals surface area (Å²) in [5.74, 6) is 0.978. The van der Waals surface area contributed by atoms with Gasteiger partial charge in [0, 0.05) is 18.6 Å². The standard InChI is InChI=1S/C17H28N2O/c1-3-18-16-10-12-19(15(2)14-16)11-7-13-20-17-8-5-4-6-9-17/h4-6,8-9,15-16,18H,3,7,10-14H2,1-2H3. The van der Waals surface area contributed by atoms with Crippen LogP contribution in [0.2, 0.25) is 0 Å². The summed E-state index contributed by atoms with van der Waals surface area (Å²) in [6, 6.07) is 11.5. The number of nitrogens with one attached hydrogen (secondary N) is 1. The zero-order valence-corrected chi connectivity index (χ0v) is 12.8. The second-order valence-electron chi connectivity index (χ2n) is 5.68. The van der Waals surface area contributed by atoms with Crippen molar-refractivity contribution < 1.29 is 4.74 Å². The van der Waals surface area contributed by atoms with E-state index in [-0.39, 0.29) is 0 Å². The van der Waals surface area contributed by atoms with Gasteiger partial charge in [0.25, 0.3) is 0 Å².